The van der Waals surface area contributed by atoms with E-state index in [1.54, 1.807) is 0 Å². The zero-order chi connectivity index (χ0) is 14.0. The van der Waals surface area contributed by atoms with Gasteiger partial charge in [-0.25, -0.2) is 0 Å². The van der Waals surface area contributed by atoms with Crippen molar-refractivity contribution in [2.75, 3.05) is 0 Å². The van der Waals surface area contributed by atoms with Crippen molar-refractivity contribution < 1.29 is 0 Å². The fourth-order valence-corrected chi connectivity index (χ4v) is 2.94. The summed E-state index contributed by atoms with van der Waals surface area (Å²) in [5.74, 6) is 0.911. The van der Waals surface area contributed by atoms with Gasteiger partial charge in [-0.15, -0.1) is 0 Å². The first-order valence-electron chi connectivity index (χ1n) is 7.87. The Morgan fingerprint density at radius 2 is 1.50 bits per heavy atom. The molecule has 0 bridgehead atoms. The van der Waals surface area contributed by atoms with E-state index in [9.17, 15) is 0 Å². The molecule has 1 aliphatic rings. The molecule has 0 aromatic rings. The molecule has 1 nitrogen and oxygen atoms in total. The van der Waals surface area contributed by atoms with E-state index < -0.39 is 0 Å². The quantitative estimate of drug-likeness (QED) is 0.682. The fraction of sp³-hybridized carbons (Fsp3) is 1.00. The van der Waals surface area contributed by atoms with Crippen molar-refractivity contribution in [3.63, 3.8) is 0 Å². The second-order valence-corrected chi connectivity index (χ2v) is 8.52. The number of hydrogen-bond donors (Lipinski definition) is 1. The van der Waals surface area contributed by atoms with E-state index in [0.717, 1.165) is 12.0 Å². The summed E-state index contributed by atoms with van der Waals surface area (Å²) in [4.78, 5) is 0. The summed E-state index contributed by atoms with van der Waals surface area (Å²) in [5, 5.41) is 3.87. The first-order chi connectivity index (χ1) is 8.10. The van der Waals surface area contributed by atoms with Gasteiger partial charge in [0, 0.05) is 12.1 Å². The predicted molar refractivity (Wildman–Crippen MR) is 81.9 cm³/mol. The molecular formula is C17H35N. The average Bonchev–Trinajstić information content (AvgIpc) is 2.40. The zero-order valence-electron chi connectivity index (χ0n) is 13.8. The lowest BCUT2D eigenvalue weighted by molar-refractivity contribution is 0.210. The summed E-state index contributed by atoms with van der Waals surface area (Å²) in [6, 6.07) is 1.35. The van der Waals surface area contributed by atoms with Crippen LogP contribution >= 0.6 is 0 Å². The van der Waals surface area contributed by atoms with Crippen LogP contribution in [0.5, 0.6) is 0 Å². The van der Waals surface area contributed by atoms with E-state index in [-0.39, 0.29) is 0 Å². The molecule has 1 aliphatic carbocycles. The van der Waals surface area contributed by atoms with E-state index in [1.807, 2.05) is 0 Å². The van der Waals surface area contributed by atoms with Gasteiger partial charge in [0.2, 0.25) is 0 Å². The Morgan fingerprint density at radius 3 is 2.00 bits per heavy atom. The molecule has 3 unspecified atom stereocenters. The van der Waals surface area contributed by atoms with Crippen molar-refractivity contribution in [2.45, 2.75) is 92.7 Å². The summed E-state index contributed by atoms with van der Waals surface area (Å²) in [6.45, 7) is 16.6. The average molecular weight is 253 g/mol. The SMILES string of the molecule is CC(NC1CCCC(C(C)(C)C)CC1)C(C)(C)C. The van der Waals surface area contributed by atoms with Crippen LogP contribution < -0.4 is 5.32 Å². The topological polar surface area (TPSA) is 12.0 Å². The predicted octanol–water partition coefficient (Wildman–Crippen LogP) is 5.01. The largest absolute Gasteiger partial charge is 0.311 e. The molecule has 0 aromatic carbocycles. The molecular weight excluding hydrogens is 218 g/mol. The maximum Gasteiger partial charge on any atom is 0.00898 e. The number of hydrogen-bond acceptors (Lipinski definition) is 1. The minimum Gasteiger partial charge on any atom is -0.311 e. The third kappa shape index (κ3) is 4.91. The maximum absolute atomic E-state index is 3.87. The lowest BCUT2D eigenvalue weighted by atomic mass is 9.76. The molecule has 0 spiro atoms. The first kappa shape index (κ1) is 16.0. The van der Waals surface area contributed by atoms with Crippen LogP contribution in [-0.4, -0.2) is 12.1 Å². The molecule has 108 valence electrons. The van der Waals surface area contributed by atoms with Crippen LogP contribution in [0, 0.1) is 16.7 Å². The molecule has 1 saturated carbocycles. The summed E-state index contributed by atoms with van der Waals surface area (Å²) in [7, 11) is 0. The summed E-state index contributed by atoms with van der Waals surface area (Å²) < 4.78 is 0. The molecule has 1 N–H and O–H groups in total. The van der Waals surface area contributed by atoms with E-state index in [0.29, 0.717) is 16.9 Å². The molecule has 18 heavy (non-hydrogen) atoms. The number of rotatable bonds is 2. The maximum atomic E-state index is 3.87. The van der Waals surface area contributed by atoms with Gasteiger partial charge < -0.3 is 5.32 Å². The molecule has 0 radical (unpaired) electrons. The Kier molecular flexibility index (Phi) is 5.29. The van der Waals surface area contributed by atoms with Gasteiger partial charge in [-0.3, -0.25) is 0 Å². The molecule has 0 saturated heterocycles. The van der Waals surface area contributed by atoms with Crippen LogP contribution in [-0.2, 0) is 0 Å². The smallest absolute Gasteiger partial charge is 0.00898 e. The van der Waals surface area contributed by atoms with Crippen LogP contribution in [0.1, 0.15) is 80.6 Å². The van der Waals surface area contributed by atoms with Crippen molar-refractivity contribution >= 4 is 0 Å². The molecule has 0 aromatic heterocycles. The molecule has 1 heteroatoms. The lowest BCUT2D eigenvalue weighted by Crippen LogP contribution is -2.43. The minimum atomic E-state index is 0.371. The van der Waals surface area contributed by atoms with Gasteiger partial charge in [-0.2, -0.15) is 0 Å². The highest BCUT2D eigenvalue weighted by Gasteiger charge is 2.29. The van der Waals surface area contributed by atoms with Crippen LogP contribution in [0.25, 0.3) is 0 Å². The standard InChI is InChI=1S/C17H35N/c1-13(16(2,3)4)18-15-10-8-9-14(11-12-15)17(5,6)7/h13-15,18H,8-12H2,1-7H3. The first-order valence-corrected chi connectivity index (χ1v) is 7.87. The third-order valence-electron chi connectivity index (χ3n) is 4.98. The van der Waals surface area contributed by atoms with Gasteiger partial charge in [0.1, 0.15) is 0 Å². The Labute approximate surface area is 115 Å². The summed E-state index contributed by atoms with van der Waals surface area (Å²) in [6.07, 6.45) is 6.95. The van der Waals surface area contributed by atoms with E-state index in [4.69, 9.17) is 0 Å². The van der Waals surface area contributed by atoms with Crippen molar-refractivity contribution in [3.05, 3.63) is 0 Å². The Hall–Kier alpha value is -0.0400. The van der Waals surface area contributed by atoms with Crippen molar-refractivity contribution in [3.8, 4) is 0 Å². The second-order valence-electron chi connectivity index (χ2n) is 8.52. The van der Waals surface area contributed by atoms with Gasteiger partial charge in [0.15, 0.2) is 0 Å². The van der Waals surface area contributed by atoms with Crippen LogP contribution in [0.15, 0.2) is 0 Å². The van der Waals surface area contributed by atoms with Crippen LogP contribution in [0.4, 0.5) is 0 Å². The lowest BCUT2D eigenvalue weighted by Gasteiger charge is -2.32. The van der Waals surface area contributed by atoms with Gasteiger partial charge in [0.25, 0.3) is 0 Å². The molecule has 0 amide bonds. The molecule has 1 fully saturated rings. The summed E-state index contributed by atoms with van der Waals surface area (Å²) >= 11 is 0. The van der Waals surface area contributed by atoms with E-state index in [1.165, 1.54) is 32.1 Å². The third-order valence-corrected chi connectivity index (χ3v) is 4.98. The Bertz CT molecular complexity index is 243. The van der Waals surface area contributed by atoms with Gasteiger partial charge in [0.05, 0.1) is 0 Å². The monoisotopic (exact) mass is 253 g/mol. The van der Waals surface area contributed by atoms with Crippen molar-refractivity contribution in [1.82, 2.24) is 5.32 Å². The van der Waals surface area contributed by atoms with Crippen molar-refractivity contribution in [2.24, 2.45) is 16.7 Å². The Morgan fingerprint density at radius 1 is 0.889 bits per heavy atom. The molecule has 0 aliphatic heterocycles. The van der Waals surface area contributed by atoms with Gasteiger partial charge in [-0.05, 0) is 49.4 Å². The highest BCUT2D eigenvalue weighted by atomic mass is 15.0. The van der Waals surface area contributed by atoms with E-state index in [2.05, 4.69) is 53.8 Å². The van der Waals surface area contributed by atoms with Crippen LogP contribution in [0.3, 0.4) is 0 Å². The normalized spacial score (nSPS) is 28.8. The number of nitrogens with one attached hydrogen (secondary N) is 1. The highest BCUT2D eigenvalue weighted by molar-refractivity contribution is 4.85. The minimum absolute atomic E-state index is 0.371. The molecule has 3 atom stereocenters. The second kappa shape index (κ2) is 5.94. The van der Waals surface area contributed by atoms with E-state index >= 15 is 0 Å². The fourth-order valence-electron chi connectivity index (χ4n) is 2.94. The van der Waals surface area contributed by atoms with Crippen LogP contribution in [0.2, 0.25) is 0 Å². The highest BCUT2D eigenvalue weighted by Crippen LogP contribution is 2.37. The summed E-state index contributed by atoms with van der Waals surface area (Å²) in [5.41, 5.74) is 0.861. The zero-order valence-corrected chi connectivity index (χ0v) is 13.8. The van der Waals surface area contributed by atoms with Crippen molar-refractivity contribution in [1.29, 1.82) is 0 Å². The van der Waals surface area contributed by atoms with Gasteiger partial charge >= 0.3 is 0 Å². The van der Waals surface area contributed by atoms with Gasteiger partial charge in [-0.1, -0.05) is 48.0 Å². The Balaban J connectivity index is 2.48. The molecule has 0 heterocycles. The molecule has 1 rings (SSSR count).